The number of hydrogen-bond acceptors (Lipinski definition) is 6. The molecule has 0 aromatic carbocycles. The topological polar surface area (TPSA) is 84.9 Å². The third-order valence-electron chi connectivity index (χ3n) is 2.61. The quantitative estimate of drug-likeness (QED) is 0.317. The Morgan fingerprint density at radius 2 is 1.86 bits per heavy atom. The van der Waals surface area contributed by atoms with Crippen LogP contribution in [0.15, 0.2) is 0 Å². The van der Waals surface area contributed by atoms with Crippen LogP contribution in [0, 0.1) is 0 Å². The van der Waals surface area contributed by atoms with Crippen LogP contribution in [0.5, 0.6) is 0 Å². The molecule has 21 heavy (non-hydrogen) atoms. The summed E-state index contributed by atoms with van der Waals surface area (Å²) < 4.78 is 8.76. The van der Waals surface area contributed by atoms with Crippen LogP contribution in [-0.2, 0) is 14.3 Å². The second-order valence-electron chi connectivity index (χ2n) is 5.97. The summed E-state index contributed by atoms with van der Waals surface area (Å²) in [6, 6.07) is 0. The maximum Gasteiger partial charge on any atom is 0.407 e. The molecule has 0 aromatic heterocycles. The van der Waals surface area contributed by atoms with E-state index < -0.39 is 31.0 Å². The summed E-state index contributed by atoms with van der Waals surface area (Å²) in [5, 5.41) is 12.8. The number of thioether (sulfide) groups is 1. The van der Waals surface area contributed by atoms with Crippen LogP contribution >= 0.6 is 11.8 Å². The minimum Gasteiger partial charge on any atom is -0.463 e. The van der Waals surface area contributed by atoms with Crippen molar-refractivity contribution in [3.05, 3.63) is 0 Å². The molecule has 1 unspecified atom stereocenters. The van der Waals surface area contributed by atoms with Crippen molar-refractivity contribution in [2.45, 2.75) is 50.4 Å². The molecule has 0 aliphatic rings. The van der Waals surface area contributed by atoms with Crippen molar-refractivity contribution < 1.29 is 24.2 Å². The highest BCUT2D eigenvalue weighted by atomic mass is 32.2. The highest BCUT2D eigenvalue weighted by Crippen LogP contribution is 2.24. The van der Waals surface area contributed by atoms with Gasteiger partial charge in [0.15, 0.2) is 4.56 Å². The zero-order chi connectivity index (χ0) is 16.7. The van der Waals surface area contributed by atoms with E-state index in [1.165, 1.54) is 0 Å². The molecular weight excluding hydrogens is 310 g/mol. The van der Waals surface area contributed by atoms with Crippen LogP contribution in [0.1, 0.15) is 27.2 Å². The van der Waals surface area contributed by atoms with E-state index in [-0.39, 0.29) is 6.61 Å². The normalized spacial score (nSPS) is 14.5. The standard InChI is InChI=1S/C13H27NO5SSi/c1-12(2,3)19-11(16)14-8-7-9-18-10(15)13(17,20-4)21(5)6/h17,21H,7-9H2,1-6H3,(H,14,16). The van der Waals surface area contributed by atoms with Gasteiger partial charge in [0.2, 0.25) is 0 Å². The molecule has 0 radical (unpaired) electrons. The molecular formula is C13H27NO5SSi. The molecule has 0 heterocycles. The molecule has 0 aliphatic carbocycles. The summed E-state index contributed by atoms with van der Waals surface area (Å²) in [6.07, 6.45) is 1.66. The van der Waals surface area contributed by atoms with Crippen LogP contribution in [0.4, 0.5) is 4.79 Å². The average molecular weight is 338 g/mol. The Kier molecular flexibility index (Phi) is 8.35. The Bertz CT molecular complexity index is 359. The number of ether oxygens (including phenoxy) is 2. The van der Waals surface area contributed by atoms with Crippen molar-refractivity contribution in [3.63, 3.8) is 0 Å². The zero-order valence-corrected chi connectivity index (χ0v) is 15.7. The predicted molar refractivity (Wildman–Crippen MR) is 87.2 cm³/mol. The van der Waals surface area contributed by atoms with Crippen molar-refractivity contribution in [2.24, 2.45) is 0 Å². The summed E-state index contributed by atoms with van der Waals surface area (Å²) in [6.45, 7) is 9.63. The number of rotatable bonds is 7. The summed E-state index contributed by atoms with van der Waals surface area (Å²) in [7, 11) is -1.60. The van der Waals surface area contributed by atoms with E-state index in [1.54, 1.807) is 27.0 Å². The van der Waals surface area contributed by atoms with Crippen molar-refractivity contribution >= 4 is 32.6 Å². The third-order valence-corrected chi connectivity index (χ3v) is 7.32. The van der Waals surface area contributed by atoms with E-state index in [1.807, 2.05) is 13.1 Å². The average Bonchev–Trinajstić information content (AvgIpc) is 2.34. The van der Waals surface area contributed by atoms with Crippen molar-refractivity contribution in [1.82, 2.24) is 5.32 Å². The lowest BCUT2D eigenvalue weighted by atomic mass is 10.2. The van der Waals surface area contributed by atoms with E-state index in [2.05, 4.69) is 5.32 Å². The third kappa shape index (κ3) is 7.73. The van der Waals surface area contributed by atoms with E-state index >= 15 is 0 Å². The van der Waals surface area contributed by atoms with Crippen LogP contribution in [0.25, 0.3) is 0 Å². The number of carbonyl (C=O) groups is 2. The number of aliphatic hydroxyl groups is 1. The number of amides is 1. The second kappa shape index (κ2) is 8.65. The minimum atomic E-state index is -1.60. The predicted octanol–water partition coefficient (Wildman–Crippen LogP) is 1.52. The van der Waals surface area contributed by atoms with E-state index in [0.717, 1.165) is 11.8 Å². The molecule has 0 fully saturated rings. The van der Waals surface area contributed by atoms with Gasteiger partial charge in [-0.3, -0.25) is 0 Å². The molecule has 6 nitrogen and oxygen atoms in total. The summed E-state index contributed by atoms with van der Waals surface area (Å²) in [5.41, 5.74) is -0.534. The van der Waals surface area contributed by atoms with Gasteiger partial charge in [-0.05, 0) is 33.4 Å². The largest absolute Gasteiger partial charge is 0.463 e. The maximum atomic E-state index is 11.9. The molecule has 0 aromatic rings. The van der Waals surface area contributed by atoms with Gasteiger partial charge in [-0.2, -0.15) is 0 Å². The lowest BCUT2D eigenvalue weighted by molar-refractivity contribution is -0.151. The molecule has 0 aliphatic heterocycles. The summed E-state index contributed by atoms with van der Waals surface area (Å²) >= 11 is 1.12. The summed E-state index contributed by atoms with van der Waals surface area (Å²) in [4.78, 5) is 23.2. The van der Waals surface area contributed by atoms with Gasteiger partial charge in [-0.25, -0.2) is 9.59 Å². The first kappa shape index (κ1) is 20.3. The fourth-order valence-electron chi connectivity index (χ4n) is 1.40. The maximum absolute atomic E-state index is 11.9. The van der Waals surface area contributed by atoms with Gasteiger partial charge in [0.05, 0.1) is 15.4 Å². The number of alkyl carbamates (subject to hydrolysis) is 1. The van der Waals surface area contributed by atoms with Gasteiger partial charge < -0.3 is 19.9 Å². The molecule has 0 spiro atoms. The molecule has 2 N–H and O–H groups in total. The van der Waals surface area contributed by atoms with Crippen molar-refractivity contribution in [2.75, 3.05) is 19.4 Å². The van der Waals surface area contributed by atoms with E-state index in [9.17, 15) is 14.7 Å². The monoisotopic (exact) mass is 337 g/mol. The molecule has 1 atom stereocenters. The SMILES string of the molecule is CSC(O)(C(=O)OCCCNC(=O)OC(C)(C)C)[SiH](C)C. The van der Waals surface area contributed by atoms with Crippen LogP contribution in [0.3, 0.4) is 0 Å². The molecule has 0 bridgehead atoms. The van der Waals surface area contributed by atoms with E-state index in [4.69, 9.17) is 9.47 Å². The highest BCUT2D eigenvalue weighted by molar-refractivity contribution is 8.02. The van der Waals surface area contributed by atoms with E-state index in [0.29, 0.717) is 13.0 Å². The van der Waals surface area contributed by atoms with Gasteiger partial charge in [0.25, 0.3) is 0 Å². The molecule has 8 heteroatoms. The van der Waals surface area contributed by atoms with Crippen LogP contribution in [-0.4, -0.2) is 55.5 Å². The first-order valence-corrected chi connectivity index (χ1v) is 11.1. The fraction of sp³-hybridized carbons (Fsp3) is 0.846. The van der Waals surface area contributed by atoms with Gasteiger partial charge in [0.1, 0.15) is 5.60 Å². The minimum absolute atomic E-state index is 0.151. The molecule has 1 amide bonds. The van der Waals surface area contributed by atoms with Crippen molar-refractivity contribution in [1.29, 1.82) is 0 Å². The van der Waals surface area contributed by atoms with Crippen molar-refractivity contribution in [3.8, 4) is 0 Å². The first-order chi connectivity index (χ1) is 9.53. The lowest BCUT2D eigenvalue weighted by Crippen LogP contribution is -2.47. The number of hydrogen-bond donors (Lipinski definition) is 2. The van der Waals surface area contributed by atoms with Crippen LogP contribution < -0.4 is 5.32 Å². The molecule has 0 saturated heterocycles. The van der Waals surface area contributed by atoms with Gasteiger partial charge in [-0.1, -0.05) is 13.1 Å². The Balaban J connectivity index is 3.96. The van der Waals surface area contributed by atoms with Gasteiger partial charge in [-0.15, -0.1) is 11.8 Å². The molecule has 0 rings (SSSR count). The Hall–Kier alpha value is -0.733. The fourth-order valence-corrected chi connectivity index (χ4v) is 4.07. The van der Waals surface area contributed by atoms with Gasteiger partial charge in [0, 0.05) is 6.54 Å². The lowest BCUT2D eigenvalue weighted by Gasteiger charge is -2.26. The number of nitrogens with one attached hydrogen (secondary N) is 1. The Morgan fingerprint density at radius 3 is 2.29 bits per heavy atom. The smallest absolute Gasteiger partial charge is 0.407 e. The zero-order valence-electron chi connectivity index (χ0n) is 13.7. The first-order valence-electron chi connectivity index (χ1n) is 6.94. The van der Waals surface area contributed by atoms with Gasteiger partial charge >= 0.3 is 12.1 Å². The number of esters is 1. The van der Waals surface area contributed by atoms with Crippen LogP contribution in [0.2, 0.25) is 13.1 Å². The second-order valence-corrected chi connectivity index (χ2v) is 10.6. The Labute approximate surface area is 132 Å². The summed E-state index contributed by atoms with van der Waals surface area (Å²) in [5.74, 6) is -0.589. The number of carbonyl (C=O) groups excluding carboxylic acids is 2. The molecule has 124 valence electrons. The molecule has 0 saturated carbocycles. The Morgan fingerprint density at radius 1 is 1.29 bits per heavy atom. The highest BCUT2D eigenvalue weighted by Gasteiger charge is 2.40.